The van der Waals surface area contributed by atoms with E-state index < -0.39 is 52.7 Å². The molecule has 11 aromatic rings. The van der Waals surface area contributed by atoms with Crippen LogP contribution in [0.5, 0.6) is 11.5 Å². The summed E-state index contributed by atoms with van der Waals surface area (Å²) in [6.45, 7) is 15.9. The number of para-hydroxylation sites is 2. The van der Waals surface area contributed by atoms with Crippen molar-refractivity contribution in [2.75, 3.05) is 16.0 Å². The Kier molecular flexibility index (Phi) is 26.1. The number of aromatic carboxylic acids is 1. The van der Waals surface area contributed by atoms with Gasteiger partial charge in [0.15, 0.2) is 0 Å². The summed E-state index contributed by atoms with van der Waals surface area (Å²) in [6, 6.07) is 61.8. The summed E-state index contributed by atoms with van der Waals surface area (Å²) in [5.41, 5.74) is 7.15. The van der Waals surface area contributed by atoms with Gasteiger partial charge in [-0.3, -0.25) is 29.3 Å². The van der Waals surface area contributed by atoms with Crippen LogP contribution in [-0.4, -0.2) is 78.6 Å². The van der Waals surface area contributed by atoms with Gasteiger partial charge in [0.2, 0.25) is 0 Å². The smallest absolute Gasteiger partial charge is 0.545 e. The van der Waals surface area contributed by atoms with Gasteiger partial charge in [-0.2, -0.15) is 0 Å². The number of nitrogens with one attached hydrogen (secondary N) is 3. The van der Waals surface area contributed by atoms with Crippen LogP contribution in [-0.2, 0) is 14.2 Å². The molecular weight excluding hydrogens is 1380 g/mol. The molecular formula is C82H72BrN6NaO13. The second kappa shape index (κ2) is 34.8. The zero-order chi connectivity index (χ0) is 73.3. The number of esters is 2. The van der Waals surface area contributed by atoms with Crippen molar-refractivity contribution in [1.82, 2.24) is 15.0 Å². The fourth-order valence-corrected chi connectivity index (χ4v) is 10.3. The molecule has 0 aliphatic rings. The number of ether oxygens (including phenoxy) is 4. The number of phenolic OH excluding ortho intramolecular Hbond substituents is 1. The number of carboxylic acids is 1. The molecule has 8 aromatic carbocycles. The molecule has 19 nitrogen and oxygen atoms in total. The predicted octanol–water partition coefficient (Wildman–Crippen LogP) is 14.4. The molecule has 0 unspecified atom stereocenters. The van der Waals surface area contributed by atoms with Gasteiger partial charge < -0.3 is 49.9 Å². The zero-order valence-corrected chi connectivity index (χ0v) is 61.8. The first-order valence-corrected chi connectivity index (χ1v) is 32.8. The number of hydrogen-bond acceptors (Lipinski definition) is 16. The molecule has 3 aromatic heterocycles. The van der Waals surface area contributed by atoms with E-state index in [0.29, 0.717) is 39.1 Å². The Morgan fingerprint density at radius 1 is 0.379 bits per heavy atom. The minimum atomic E-state index is -1.42. The van der Waals surface area contributed by atoms with Crippen molar-refractivity contribution >= 4 is 74.8 Å². The number of nitrogens with zero attached hydrogens (tertiary/aromatic N) is 3. The van der Waals surface area contributed by atoms with E-state index in [1.165, 1.54) is 36.8 Å². The van der Waals surface area contributed by atoms with Gasteiger partial charge in [-0.1, -0.05) is 162 Å². The number of amides is 3. The molecule has 516 valence electrons. The number of carbonyl (C=O) groups excluding carboxylic acids is 7. The van der Waals surface area contributed by atoms with Crippen molar-refractivity contribution in [3.63, 3.8) is 0 Å². The van der Waals surface area contributed by atoms with Crippen LogP contribution in [0, 0.1) is 0 Å². The number of halogens is 1. The summed E-state index contributed by atoms with van der Waals surface area (Å²) in [5.74, 6) is -3.55. The molecule has 4 N–H and O–H groups in total. The van der Waals surface area contributed by atoms with Gasteiger partial charge in [0.1, 0.15) is 28.3 Å². The topological polar surface area (TPSA) is 274 Å². The van der Waals surface area contributed by atoms with Crippen LogP contribution in [0.4, 0.5) is 21.9 Å². The monoisotopic (exact) mass is 1450 g/mol. The van der Waals surface area contributed by atoms with Gasteiger partial charge >= 0.3 is 47.7 Å². The molecule has 0 radical (unpaired) electrons. The summed E-state index contributed by atoms with van der Waals surface area (Å²) < 4.78 is 22.6. The largest absolute Gasteiger partial charge is 1.00 e. The molecule has 21 heteroatoms. The molecule has 3 heterocycles. The van der Waals surface area contributed by atoms with Crippen LogP contribution >= 0.6 is 15.9 Å². The maximum Gasteiger partial charge on any atom is 1.00 e. The van der Waals surface area contributed by atoms with E-state index in [1.807, 2.05) is 91.0 Å². The molecule has 0 saturated heterocycles. The summed E-state index contributed by atoms with van der Waals surface area (Å²) in [5, 5.41) is 30.0. The number of aromatic hydroxyl groups is 1. The van der Waals surface area contributed by atoms with Crippen LogP contribution in [0.15, 0.2) is 254 Å². The zero-order valence-electron chi connectivity index (χ0n) is 58.2. The number of carbonyl (C=O) groups is 7. The van der Waals surface area contributed by atoms with Crippen molar-refractivity contribution in [2.24, 2.45) is 0 Å². The number of benzene rings is 8. The van der Waals surface area contributed by atoms with Gasteiger partial charge in [0, 0.05) is 75.0 Å². The maximum atomic E-state index is 13.5. The Balaban J connectivity index is 0.000000199. The van der Waals surface area contributed by atoms with E-state index >= 15 is 0 Å². The number of hydrogen-bond donors (Lipinski definition) is 4. The van der Waals surface area contributed by atoms with Gasteiger partial charge in [0.25, 0.3) is 17.7 Å². The third kappa shape index (κ3) is 22.3. The second-order valence-electron chi connectivity index (χ2n) is 25.9. The fourth-order valence-electron chi connectivity index (χ4n) is 9.96. The van der Waals surface area contributed by atoms with Crippen molar-refractivity contribution in [3.8, 4) is 67.1 Å². The SMILES string of the molecule is CC(C)(C)OC(=O)Oc1ccccc1-c1ccc(C(=O)OC(C)(C)C)c(NC(=O)c2cncc(-c3ccccc3)c2)c1.CC(C)(C)OC(=O)c1ccc(Br)cc1NC(=O)c1cncc(-c2ccccc2)c1.O=C(Nc1cc(-c2ccccc2O)ccc1C(=O)[O-])c1cncc(-c2ccccc2)c1.[Na+]. The van der Waals surface area contributed by atoms with E-state index in [1.54, 1.807) is 184 Å². The molecule has 0 bridgehead atoms. The summed E-state index contributed by atoms with van der Waals surface area (Å²) in [6.07, 6.45) is 8.55. The summed E-state index contributed by atoms with van der Waals surface area (Å²) in [7, 11) is 0. The van der Waals surface area contributed by atoms with Gasteiger partial charge in [0.05, 0.1) is 50.8 Å². The van der Waals surface area contributed by atoms with Gasteiger partial charge in [-0.15, -0.1) is 0 Å². The number of anilines is 3. The molecule has 0 spiro atoms. The van der Waals surface area contributed by atoms with Crippen molar-refractivity contribution in [1.29, 1.82) is 0 Å². The minimum absolute atomic E-state index is 0. The average Bonchev–Trinajstić information content (AvgIpc) is 0.806. The van der Waals surface area contributed by atoms with Gasteiger partial charge in [-0.05, 0) is 157 Å². The predicted molar refractivity (Wildman–Crippen MR) is 394 cm³/mol. The van der Waals surface area contributed by atoms with E-state index in [2.05, 4.69) is 46.8 Å². The standard InChI is InChI=1S/C34H34N2O6.C25H18N2O4.C23H21BrN2O3.Na/c1-33(2,3)41-31(38)27-17-16-23(26-14-10-11-15-29(26)40-32(39)42-34(4,5)6)19-28(27)36-30(37)25-18-24(20-35-21-25)22-12-8-7-9-13-22;28-23-9-5-4-8-20(23)17-10-11-21(25(30)31)22(13-17)27-24(29)19-12-18(14-26-15-19)16-6-2-1-3-7-16;1-23(2,3)29-22(28)19-10-9-18(24)12-20(19)26-21(27)17-11-16(13-25-14-17)15-7-5-4-6-8-15;/h7-21H,1-6H3,(H,36,37);1-15,28H,(H,27,29)(H,30,31);4-14H,1-3H3,(H,26,27);/q;;;+1/p-1. The molecule has 0 aliphatic heterocycles. The second-order valence-corrected chi connectivity index (χ2v) is 26.8. The first-order chi connectivity index (χ1) is 48.5. The number of carboxylic acid groups (broad SMARTS) is 1. The number of phenols is 1. The Morgan fingerprint density at radius 2 is 0.728 bits per heavy atom. The van der Waals surface area contributed by atoms with Gasteiger partial charge in [-0.25, -0.2) is 14.4 Å². The third-order valence-corrected chi connectivity index (χ3v) is 15.0. The molecule has 103 heavy (non-hydrogen) atoms. The van der Waals surface area contributed by atoms with Crippen LogP contribution in [0.2, 0.25) is 0 Å². The number of pyridine rings is 3. The Morgan fingerprint density at radius 3 is 1.14 bits per heavy atom. The average molecular weight is 1450 g/mol. The Hall–Kier alpha value is -11.4. The van der Waals surface area contributed by atoms with Crippen molar-refractivity contribution in [3.05, 3.63) is 287 Å². The normalized spacial score (nSPS) is 10.9. The molecule has 0 saturated carbocycles. The van der Waals surface area contributed by atoms with E-state index in [9.17, 15) is 43.8 Å². The summed E-state index contributed by atoms with van der Waals surface area (Å²) in [4.78, 5) is 101. The quantitative estimate of drug-likeness (QED) is 0.0321. The first-order valence-electron chi connectivity index (χ1n) is 32.0. The van der Waals surface area contributed by atoms with Crippen LogP contribution in [0.25, 0.3) is 55.6 Å². The maximum absolute atomic E-state index is 13.5. The molecule has 3 amide bonds. The van der Waals surface area contributed by atoms with Crippen LogP contribution in [0.1, 0.15) is 124 Å². The fraction of sp³-hybridized carbons (Fsp3) is 0.146. The Bertz CT molecular complexity index is 4890. The molecule has 0 aliphatic carbocycles. The minimum Gasteiger partial charge on any atom is -0.545 e. The van der Waals surface area contributed by atoms with E-state index in [4.69, 9.17) is 18.9 Å². The van der Waals surface area contributed by atoms with Crippen molar-refractivity contribution < 1.29 is 92.3 Å². The third-order valence-electron chi connectivity index (χ3n) is 14.5. The first kappa shape index (κ1) is 77.3. The van der Waals surface area contributed by atoms with Crippen molar-refractivity contribution in [2.45, 2.75) is 79.1 Å². The van der Waals surface area contributed by atoms with E-state index in [0.717, 1.165) is 37.9 Å². The molecule has 0 fully saturated rings. The molecule has 0 atom stereocenters. The number of aromatic nitrogens is 3. The summed E-state index contributed by atoms with van der Waals surface area (Å²) >= 11 is 3.38. The molecule has 11 rings (SSSR count). The van der Waals surface area contributed by atoms with Crippen LogP contribution < -0.4 is 55.4 Å². The number of rotatable bonds is 15. The Labute approximate surface area is 627 Å². The van der Waals surface area contributed by atoms with Crippen LogP contribution in [0.3, 0.4) is 0 Å². The van der Waals surface area contributed by atoms with E-state index in [-0.39, 0.29) is 80.6 Å².